The van der Waals surface area contributed by atoms with Crippen LogP contribution in [0, 0.1) is 10.1 Å². The second-order valence-electron chi connectivity index (χ2n) is 6.03. The Morgan fingerprint density at radius 3 is 2.52 bits per heavy atom. The molecular weight excluding hydrogens is 348 g/mol. The Kier molecular flexibility index (Phi) is 5.83. The van der Waals surface area contributed by atoms with Gasteiger partial charge < -0.3 is 14.4 Å². The zero-order chi connectivity index (χ0) is 19.2. The summed E-state index contributed by atoms with van der Waals surface area (Å²) in [6.45, 7) is 3.09. The first-order valence-electron chi connectivity index (χ1n) is 8.56. The van der Waals surface area contributed by atoms with Crippen molar-refractivity contribution in [3.8, 4) is 5.75 Å². The number of nitrogens with zero attached hydrogens (tertiary/aromatic N) is 2. The van der Waals surface area contributed by atoms with Crippen LogP contribution in [0.4, 0.5) is 11.4 Å². The lowest BCUT2D eigenvalue weighted by Crippen LogP contribution is -2.36. The van der Waals surface area contributed by atoms with Crippen molar-refractivity contribution in [2.45, 2.75) is 0 Å². The van der Waals surface area contributed by atoms with Crippen molar-refractivity contribution in [1.29, 1.82) is 0 Å². The monoisotopic (exact) mass is 368 g/mol. The summed E-state index contributed by atoms with van der Waals surface area (Å²) >= 11 is 0. The van der Waals surface area contributed by atoms with Crippen molar-refractivity contribution in [3.63, 3.8) is 0 Å². The van der Waals surface area contributed by atoms with Gasteiger partial charge in [-0.1, -0.05) is 12.1 Å². The number of rotatable bonds is 6. The summed E-state index contributed by atoms with van der Waals surface area (Å²) < 4.78 is 10.3. The van der Waals surface area contributed by atoms with Crippen molar-refractivity contribution in [2.75, 3.05) is 38.3 Å². The molecule has 2 aromatic carbocycles. The predicted molar refractivity (Wildman–Crippen MR) is 102 cm³/mol. The van der Waals surface area contributed by atoms with Gasteiger partial charge in [0.05, 0.1) is 25.2 Å². The van der Waals surface area contributed by atoms with E-state index in [0.717, 1.165) is 18.8 Å². The summed E-state index contributed by atoms with van der Waals surface area (Å²) in [4.78, 5) is 25.1. The van der Waals surface area contributed by atoms with Crippen molar-refractivity contribution in [3.05, 3.63) is 69.8 Å². The van der Waals surface area contributed by atoms with Crippen LogP contribution in [-0.2, 0) is 4.74 Å². The second-order valence-corrected chi connectivity index (χ2v) is 6.03. The minimum atomic E-state index is -0.512. The number of hydrogen-bond donors (Lipinski definition) is 0. The largest absolute Gasteiger partial charge is 0.490 e. The van der Waals surface area contributed by atoms with Crippen molar-refractivity contribution in [1.82, 2.24) is 0 Å². The SMILES string of the molecule is COc1ccc(/C=C/C(=O)c2ccc(N3CCOCC3)cc2)cc1[N+](=O)[O-]. The molecule has 1 saturated heterocycles. The number of nitro benzene ring substituents is 1. The number of benzene rings is 2. The molecular formula is C20H20N2O5. The molecule has 0 radical (unpaired) electrons. The third-order valence-electron chi connectivity index (χ3n) is 4.35. The maximum absolute atomic E-state index is 12.4. The lowest BCUT2D eigenvalue weighted by Gasteiger charge is -2.28. The van der Waals surface area contributed by atoms with Crippen LogP contribution < -0.4 is 9.64 Å². The fourth-order valence-corrected chi connectivity index (χ4v) is 2.88. The van der Waals surface area contributed by atoms with E-state index in [0.29, 0.717) is 24.3 Å². The quantitative estimate of drug-likeness (QED) is 0.337. The van der Waals surface area contributed by atoms with Crippen LogP contribution in [0.3, 0.4) is 0 Å². The molecule has 0 N–H and O–H groups in total. The standard InChI is InChI=1S/C20H20N2O5/c1-26-20-9-3-15(14-18(20)22(24)25)2-8-19(23)16-4-6-17(7-5-16)21-10-12-27-13-11-21/h2-9,14H,10-13H2,1H3/b8-2+. The van der Waals surface area contributed by atoms with Gasteiger partial charge >= 0.3 is 5.69 Å². The second kappa shape index (κ2) is 8.46. The topological polar surface area (TPSA) is 81.9 Å². The molecule has 27 heavy (non-hydrogen) atoms. The van der Waals surface area contributed by atoms with Gasteiger partial charge in [-0.3, -0.25) is 14.9 Å². The number of methoxy groups -OCH3 is 1. The number of nitro groups is 1. The molecule has 1 fully saturated rings. The first-order valence-corrected chi connectivity index (χ1v) is 8.56. The Bertz CT molecular complexity index is 855. The Labute approximate surface area is 157 Å². The third-order valence-corrected chi connectivity index (χ3v) is 4.35. The van der Waals surface area contributed by atoms with Crippen LogP contribution in [0.15, 0.2) is 48.5 Å². The Balaban J connectivity index is 1.71. The van der Waals surface area contributed by atoms with Crippen LogP contribution in [-0.4, -0.2) is 44.1 Å². The van der Waals surface area contributed by atoms with Gasteiger partial charge in [0.1, 0.15) is 0 Å². The summed E-state index contributed by atoms with van der Waals surface area (Å²) in [5.41, 5.74) is 2.04. The highest BCUT2D eigenvalue weighted by Crippen LogP contribution is 2.28. The van der Waals surface area contributed by atoms with Gasteiger partial charge in [0.25, 0.3) is 0 Å². The molecule has 7 nitrogen and oxygen atoms in total. The molecule has 1 aliphatic heterocycles. The molecule has 7 heteroatoms. The molecule has 0 aromatic heterocycles. The van der Waals surface area contributed by atoms with Gasteiger partial charge in [-0.05, 0) is 42.0 Å². The van der Waals surface area contributed by atoms with Crippen LogP contribution >= 0.6 is 0 Å². The molecule has 0 bridgehead atoms. The maximum Gasteiger partial charge on any atom is 0.311 e. The van der Waals surface area contributed by atoms with Crippen LogP contribution in [0.25, 0.3) is 6.08 Å². The van der Waals surface area contributed by atoms with Gasteiger partial charge in [0.15, 0.2) is 11.5 Å². The molecule has 140 valence electrons. The Morgan fingerprint density at radius 2 is 1.89 bits per heavy atom. The van der Waals surface area contributed by atoms with Crippen LogP contribution in [0.2, 0.25) is 0 Å². The van der Waals surface area contributed by atoms with E-state index in [4.69, 9.17) is 9.47 Å². The van der Waals surface area contributed by atoms with E-state index < -0.39 is 4.92 Å². The number of hydrogen-bond acceptors (Lipinski definition) is 6. The number of anilines is 1. The molecule has 0 atom stereocenters. The highest BCUT2D eigenvalue weighted by molar-refractivity contribution is 6.07. The summed E-state index contributed by atoms with van der Waals surface area (Å²) in [6, 6.07) is 12.0. The van der Waals surface area contributed by atoms with Crippen molar-refractivity contribution < 1.29 is 19.2 Å². The molecule has 0 amide bonds. The van der Waals surface area contributed by atoms with Gasteiger partial charge in [-0.2, -0.15) is 0 Å². The average molecular weight is 368 g/mol. The number of morpholine rings is 1. The van der Waals surface area contributed by atoms with E-state index in [1.165, 1.54) is 25.3 Å². The first kappa shape index (κ1) is 18.6. The number of carbonyl (C=O) groups is 1. The van der Waals surface area contributed by atoms with Gasteiger partial charge in [0, 0.05) is 30.4 Å². The number of allylic oxidation sites excluding steroid dienone is 1. The Morgan fingerprint density at radius 1 is 1.19 bits per heavy atom. The zero-order valence-corrected chi connectivity index (χ0v) is 15.0. The van der Waals surface area contributed by atoms with E-state index in [1.807, 2.05) is 12.1 Å². The van der Waals surface area contributed by atoms with E-state index >= 15 is 0 Å². The molecule has 2 aromatic rings. The normalized spacial score (nSPS) is 14.3. The molecule has 0 aliphatic carbocycles. The lowest BCUT2D eigenvalue weighted by atomic mass is 10.1. The molecule has 1 heterocycles. The zero-order valence-electron chi connectivity index (χ0n) is 15.0. The molecule has 1 aliphatic rings. The fourth-order valence-electron chi connectivity index (χ4n) is 2.88. The van der Waals surface area contributed by atoms with Gasteiger partial charge in [-0.25, -0.2) is 0 Å². The fraction of sp³-hybridized carbons (Fsp3) is 0.250. The van der Waals surface area contributed by atoms with Crippen molar-refractivity contribution in [2.24, 2.45) is 0 Å². The highest BCUT2D eigenvalue weighted by Gasteiger charge is 2.15. The summed E-state index contributed by atoms with van der Waals surface area (Å²) in [5.74, 6) is 0.0178. The Hall–Kier alpha value is -3.19. The minimum absolute atomic E-state index is 0.137. The summed E-state index contributed by atoms with van der Waals surface area (Å²) in [6.07, 6.45) is 2.97. The number of carbonyl (C=O) groups excluding carboxylic acids is 1. The first-order chi connectivity index (χ1) is 13.1. The number of ketones is 1. The van der Waals surface area contributed by atoms with Crippen molar-refractivity contribution >= 4 is 23.2 Å². The minimum Gasteiger partial charge on any atom is -0.490 e. The van der Waals surface area contributed by atoms with E-state index in [2.05, 4.69) is 4.90 Å². The molecule has 0 unspecified atom stereocenters. The molecule has 0 spiro atoms. The van der Waals surface area contributed by atoms with E-state index in [-0.39, 0.29) is 17.2 Å². The third kappa shape index (κ3) is 4.51. The summed E-state index contributed by atoms with van der Waals surface area (Å²) in [7, 11) is 1.38. The number of ether oxygens (including phenoxy) is 2. The molecule has 0 saturated carbocycles. The smallest absolute Gasteiger partial charge is 0.311 e. The molecule has 3 rings (SSSR count). The van der Waals surface area contributed by atoms with E-state index in [9.17, 15) is 14.9 Å². The maximum atomic E-state index is 12.4. The lowest BCUT2D eigenvalue weighted by molar-refractivity contribution is -0.385. The predicted octanol–water partition coefficient (Wildman–Crippen LogP) is 3.34. The average Bonchev–Trinajstić information content (AvgIpc) is 2.72. The van der Waals surface area contributed by atoms with Gasteiger partial charge in [-0.15, -0.1) is 0 Å². The van der Waals surface area contributed by atoms with E-state index in [1.54, 1.807) is 24.3 Å². The van der Waals surface area contributed by atoms with Crippen LogP contribution in [0.1, 0.15) is 15.9 Å². The van der Waals surface area contributed by atoms with Crippen LogP contribution in [0.5, 0.6) is 5.75 Å². The summed E-state index contributed by atoms with van der Waals surface area (Å²) in [5, 5.41) is 11.1. The highest BCUT2D eigenvalue weighted by atomic mass is 16.6. The van der Waals surface area contributed by atoms with Gasteiger partial charge in [0.2, 0.25) is 0 Å².